The molecule has 0 bridgehead atoms. The van der Waals surface area contributed by atoms with Gasteiger partial charge in [-0.15, -0.1) is 12.4 Å². The Morgan fingerprint density at radius 3 is 2.92 bits per heavy atom. The molecule has 3 N–H and O–H groups in total. The summed E-state index contributed by atoms with van der Waals surface area (Å²) < 4.78 is 0. The van der Waals surface area contributed by atoms with Gasteiger partial charge in [-0.05, 0) is 24.1 Å². The molecule has 0 radical (unpaired) electrons. The molecule has 1 heterocycles. The van der Waals surface area contributed by atoms with Crippen LogP contribution < -0.4 is 11.1 Å². The van der Waals surface area contributed by atoms with Crippen molar-refractivity contribution in [3.8, 4) is 0 Å². The summed E-state index contributed by atoms with van der Waals surface area (Å²) in [7, 11) is 0. The van der Waals surface area contributed by atoms with E-state index in [4.69, 9.17) is 5.73 Å². The van der Waals surface area contributed by atoms with Gasteiger partial charge in [-0.3, -0.25) is 4.79 Å². The van der Waals surface area contributed by atoms with Crippen molar-refractivity contribution in [1.82, 2.24) is 5.32 Å². The summed E-state index contributed by atoms with van der Waals surface area (Å²) in [5.74, 6) is -0.0106. The molecule has 1 aromatic rings. The zero-order valence-corrected chi connectivity index (χ0v) is 7.86. The van der Waals surface area contributed by atoms with Crippen LogP contribution in [0.25, 0.3) is 0 Å². The predicted octanol–water partition coefficient (Wildman–Crippen LogP) is 0.977. The lowest BCUT2D eigenvalue weighted by atomic mass is 10.00. The highest BCUT2D eigenvalue weighted by Gasteiger charge is 2.15. The summed E-state index contributed by atoms with van der Waals surface area (Å²) in [6, 6.07) is 5.48. The lowest BCUT2D eigenvalue weighted by Crippen LogP contribution is -2.31. The molecule has 0 atom stereocenters. The molecule has 0 aromatic heterocycles. The lowest BCUT2D eigenvalue weighted by Gasteiger charge is -2.16. The third kappa shape index (κ3) is 1.75. The highest BCUT2D eigenvalue weighted by molar-refractivity contribution is 5.97. The number of nitrogens with two attached hydrogens (primary N) is 1. The van der Waals surface area contributed by atoms with Crippen molar-refractivity contribution in [3.63, 3.8) is 0 Å². The van der Waals surface area contributed by atoms with E-state index in [9.17, 15) is 4.79 Å². The topological polar surface area (TPSA) is 55.1 Å². The van der Waals surface area contributed by atoms with Gasteiger partial charge >= 0.3 is 0 Å². The molecule has 1 aliphatic heterocycles. The van der Waals surface area contributed by atoms with Gasteiger partial charge < -0.3 is 11.1 Å². The number of benzene rings is 1. The zero-order valence-electron chi connectivity index (χ0n) is 7.04. The average Bonchev–Trinajstić information content (AvgIpc) is 2.07. The summed E-state index contributed by atoms with van der Waals surface area (Å²) in [5, 5.41) is 2.77. The van der Waals surface area contributed by atoms with Gasteiger partial charge in [0.2, 0.25) is 0 Å². The third-order valence-corrected chi connectivity index (χ3v) is 2.06. The van der Waals surface area contributed by atoms with Gasteiger partial charge in [0.05, 0.1) is 0 Å². The first-order valence-electron chi connectivity index (χ1n) is 3.94. The Labute approximate surface area is 82.7 Å². The molecule has 0 fully saturated rings. The number of hydrogen-bond donors (Lipinski definition) is 2. The van der Waals surface area contributed by atoms with Crippen molar-refractivity contribution >= 4 is 24.0 Å². The van der Waals surface area contributed by atoms with Crippen LogP contribution in [-0.2, 0) is 6.42 Å². The Morgan fingerprint density at radius 1 is 1.38 bits per heavy atom. The van der Waals surface area contributed by atoms with Gasteiger partial charge in [0.25, 0.3) is 5.91 Å². The minimum Gasteiger partial charge on any atom is -0.399 e. The number of hydrogen-bond acceptors (Lipinski definition) is 2. The number of rotatable bonds is 0. The van der Waals surface area contributed by atoms with Crippen molar-refractivity contribution in [2.24, 2.45) is 0 Å². The minimum atomic E-state index is -0.0106. The number of anilines is 1. The van der Waals surface area contributed by atoms with Crippen molar-refractivity contribution in [2.75, 3.05) is 12.3 Å². The number of carbonyl (C=O) groups is 1. The van der Waals surface area contributed by atoms with E-state index in [0.29, 0.717) is 5.69 Å². The first-order chi connectivity index (χ1) is 5.77. The summed E-state index contributed by atoms with van der Waals surface area (Å²) in [6.07, 6.45) is 0.904. The summed E-state index contributed by atoms with van der Waals surface area (Å²) in [4.78, 5) is 11.3. The maximum absolute atomic E-state index is 11.3. The lowest BCUT2D eigenvalue weighted by molar-refractivity contribution is 0.0946. The molecule has 0 spiro atoms. The second-order valence-corrected chi connectivity index (χ2v) is 2.92. The van der Waals surface area contributed by atoms with Crippen LogP contribution in [0.5, 0.6) is 0 Å². The van der Waals surface area contributed by atoms with Crippen LogP contribution in [-0.4, -0.2) is 12.5 Å². The molecule has 3 nitrogen and oxygen atoms in total. The Kier molecular flexibility index (Phi) is 2.78. The van der Waals surface area contributed by atoms with E-state index in [1.165, 1.54) is 0 Å². The summed E-state index contributed by atoms with van der Waals surface area (Å²) in [6.45, 7) is 0.732. The van der Waals surface area contributed by atoms with Gasteiger partial charge in [0.15, 0.2) is 0 Å². The fourth-order valence-corrected chi connectivity index (χ4v) is 1.43. The normalized spacial score (nSPS) is 14.0. The smallest absolute Gasteiger partial charge is 0.251 e. The molecule has 13 heavy (non-hydrogen) atoms. The van der Waals surface area contributed by atoms with Crippen LogP contribution >= 0.6 is 12.4 Å². The van der Waals surface area contributed by atoms with E-state index in [1.807, 2.05) is 12.1 Å². The number of nitrogen functional groups attached to an aromatic ring is 1. The number of halogens is 1. The Balaban J connectivity index is 0.000000845. The van der Waals surface area contributed by atoms with E-state index >= 15 is 0 Å². The number of fused-ring (bicyclic) bond motifs is 1. The highest BCUT2D eigenvalue weighted by atomic mass is 35.5. The molecule has 2 rings (SSSR count). The van der Waals surface area contributed by atoms with Gasteiger partial charge in [0, 0.05) is 17.8 Å². The van der Waals surface area contributed by atoms with E-state index in [0.717, 1.165) is 24.1 Å². The largest absolute Gasteiger partial charge is 0.399 e. The number of nitrogens with one attached hydrogen (secondary N) is 1. The minimum absolute atomic E-state index is 0. The van der Waals surface area contributed by atoms with E-state index < -0.39 is 0 Å². The molecule has 1 amide bonds. The van der Waals surface area contributed by atoms with Crippen molar-refractivity contribution in [1.29, 1.82) is 0 Å². The van der Waals surface area contributed by atoms with Crippen LogP contribution in [0.3, 0.4) is 0 Å². The maximum atomic E-state index is 11.3. The standard InChI is InChI=1S/C9H10N2O.ClH/c10-7-2-1-6-3-4-11-9(12)8(6)5-7;/h1-2,5H,3-4,10H2,(H,11,12);1H. The fraction of sp³-hybridized carbons (Fsp3) is 0.222. The van der Waals surface area contributed by atoms with Crippen molar-refractivity contribution < 1.29 is 4.79 Å². The molecule has 0 unspecified atom stereocenters. The molecule has 0 saturated heterocycles. The molecular formula is C9H11ClN2O. The molecule has 4 heteroatoms. The van der Waals surface area contributed by atoms with E-state index in [-0.39, 0.29) is 18.3 Å². The summed E-state index contributed by atoms with van der Waals surface area (Å²) in [5.41, 5.74) is 8.02. The highest BCUT2D eigenvalue weighted by Crippen LogP contribution is 2.16. The SMILES string of the molecule is Cl.Nc1ccc2c(c1)C(=O)NCC2. The molecule has 1 aliphatic rings. The third-order valence-electron chi connectivity index (χ3n) is 2.06. The Morgan fingerprint density at radius 2 is 2.15 bits per heavy atom. The van der Waals surface area contributed by atoms with Crippen LogP contribution in [0.4, 0.5) is 5.69 Å². The number of amides is 1. The average molecular weight is 199 g/mol. The van der Waals surface area contributed by atoms with E-state index in [1.54, 1.807) is 6.07 Å². The van der Waals surface area contributed by atoms with Crippen molar-refractivity contribution in [2.45, 2.75) is 6.42 Å². The molecule has 70 valence electrons. The maximum Gasteiger partial charge on any atom is 0.251 e. The molecule has 0 aliphatic carbocycles. The van der Waals surface area contributed by atoms with Crippen LogP contribution in [0.1, 0.15) is 15.9 Å². The van der Waals surface area contributed by atoms with Crippen molar-refractivity contribution in [3.05, 3.63) is 29.3 Å². The quantitative estimate of drug-likeness (QED) is 0.611. The zero-order chi connectivity index (χ0) is 8.55. The fourth-order valence-electron chi connectivity index (χ4n) is 1.43. The molecule has 1 aromatic carbocycles. The van der Waals surface area contributed by atoms with Gasteiger partial charge in [-0.2, -0.15) is 0 Å². The number of carbonyl (C=O) groups excluding carboxylic acids is 1. The van der Waals surface area contributed by atoms with E-state index in [2.05, 4.69) is 5.32 Å². The van der Waals surface area contributed by atoms with Gasteiger partial charge in [0.1, 0.15) is 0 Å². The predicted molar refractivity (Wildman–Crippen MR) is 54.1 cm³/mol. The Hall–Kier alpha value is -1.22. The first-order valence-corrected chi connectivity index (χ1v) is 3.94. The van der Waals surface area contributed by atoms with Gasteiger partial charge in [-0.1, -0.05) is 6.07 Å². The monoisotopic (exact) mass is 198 g/mol. The van der Waals surface area contributed by atoms with Crippen LogP contribution in [0.15, 0.2) is 18.2 Å². The molecule has 0 saturated carbocycles. The first kappa shape index (κ1) is 9.86. The van der Waals surface area contributed by atoms with Crippen LogP contribution in [0.2, 0.25) is 0 Å². The molecular weight excluding hydrogens is 188 g/mol. The second kappa shape index (κ2) is 3.66. The second-order valence-electron chi connectivity index (χ2n) is 2.92. The summed E-state index contributed by atoms with van der Waals surface area (Å²) >= 11 is 0. The van der Waals surface area contributed by atoms with Crippen LogP contribution in [0, 0.1) is 0 Å². The van der Waals surface area contributed by atoms with Gasteiger partial charge in [-0.25, -0.2) is 0 Å². The Bertz CT molecular complexity index is 338.